The molecule has 4 heterocycles. The quantitative estimate of drug-likeness (QED) is 0.180. The predicted molar refractivity (Wildman–Crippen MR) is 191 cm³/mol. The van der Waals surface area contributed by atoms with Crippen LogP contribution < -0.4 is 14.4 Å². The minimum atomic E-state index is -0.802. The van der Waals surface area contributed by atoms with Gasteiger partial charge in [0, 0.05) is 64.3 Å². The van der Waals surface area contributed by atoms with Gasteiger partial charge in [-0.25, -0.2) is 4.79 Å². The number of rotatable bonds is 10. The van der Waals surface area contributed by atoms with Gasteiger partial charge in [-0.1, -0.05) is 79.7 Å². The summed E-state index contributed by atoms with van der Waals surface area (Å²) in [5.74, 6) is 1.87. The van der Waals surface area contributed by atoms with Crippen LogP contribution in [-0.2, 0) is 20.3 Å². The maximum atomic E-state index is 11.4. The summed E-state index contributed by atoms with van der Waals surface area (Å²) < 4.78 is 14.5. The van der Waals surface area contributed by atoms with E-state index in [4.69, 9.17) is 19.6 Å². The van der Waals surface area contributed by atoms with Gasteiger partial charge in [-0.15, -0.1) is 0 Å². The molecule has 7 rings (SSSR count). The highest BCUT2D eigenvalue weighted by atomic mass is 16.5. The van der Waals surface area contributed by atoms with Crippen LogP contribution in [-0.4, -0.2) is 81.6 Å². The van der Waals surface area contributed by atoms with Gasteiger partial charge in [0.15, 0.2) is 0 Å². The lowest BCUT2D eigenvalue weighted by Gasteiger charge is -2.41. The lowest BCUT2D eigenvalue weighted by molar-refractivity contribution is 0.0836. The number of aryl methyl sites for hydroxylation is 1. The van der Waals surface area contributed by atoms with E-state index in [-0.39, 0.29) is 0 Å². The first-order chi connectivity index (χ1) is 23.9. The van der Waals surface area contributed by atoms with Gasteiger partial charge in [-0.3, -0.25) is 9.58 Å². The molecule has 2 fully saturated rings. The molecule has 0 unspecified atom stereocenters. The van der Waals surface area contributed by atoms with E-state index in [9.17, 15) is 9.90 Å². The number of amides is 1. The number of fused-ring (bicyclic) bond motifs is 1. The smallest absolute Gasteiger partial charge is 0.407 e. The van der Waals surface area contributed by atoms with E-state index in [1.54, 1.807) is 4.90 Å². The van der Waals surface area contributed by atoms with Crippen LogP contribution in [0.5, 0.6) is 11.8 Å². The maximum absolute atomic E-state index is 11.4. The zero-order valence-electron chi connectivity index (χ0n) is 28.2. The highest BCUT2D eigenvalue weighted by Gasteiger charge is 2.31. The molecule has 2 saturated heterocycles. The summed E-state index contributed by atoms with van der Waals surface area (Å²) in [5, 5.41) is 15.5. The first-order valence-electron chi connectivity index (χ1n) is 17.2. The van der Waals surface area contributed by atoms with E-state index in [1.165, 1.54) is 5.69 Å². The summed E-state index contributed by atoms with van der Waals surface area (Å²) in [4.78, 5) is 22.9. The van der Waals surface area contributed by atoms with Crippen LogP contribution in [0.25, 0.3) is 22.2 Å². The first-order valence-corrected chi connectivity index (χ1v) is 17.2. The van der Waals surface area contributed by atoms with Gasteiger partial charge in [0.2, 0.25) is 11.8 Å². The minimum absolute atomic E-state index is 0.366. The van der Waals surface area contributed by atoms with E-state index < -0.39 is 6.09 Å². The second-order valence-corrected chi connectivity index (χ2v) is 13.2. The Labute approximate surface area is 287 Å². The molecule has 10 nitrogen and oxygen atoms in total. The Balaban J connectivity index is 1.10. The van der Waals surface area contributed by atoms with Crippen LogP contribution >= 0.6 is 0 Å². The van der Waals surface area contributed by atoms with Crippen LogP contribution in [0.2, 0.25) is 0 Å². The Morgan fingerprint density at radius 3 is 2.20 bits per heavy atom. The van der Waals surface area contributed by atoms with Crippen LogP contribution in [0.3, 0.4) is 0 Å². The van der Waals surface area contributed by atoms with Crippen LogP contribution in [0, 0.1) is 11.8 Å². The second-order valence-electron chi connectivity index (χ2n) is 13.2. The van der Waals surface area contributed by atoms with Crippen molar-refractivity contribution in [1.82, 2.24) is 24.6 Å². The molecule has 0 spiro atoms. The van der Waals surface area contributed by atoms with Crippen molar-refractivity contribution < 1.29 is 19.4 Å². The Morgan fingerprint density at radius 2 is 1.53 bits per heavy atom. The van der Waals surface area contributed by atoms with Crippen molar-refractivity contribution in [3.05, 3.63) is 102 Å². The summed E-state index contributed by atoms with van der Waals surface area (Å²) in [6.45, 7) is 9.04. The van der Waals surface area contributed by atoms with Gasteiger partial charge in [0.1, 0.15) is 18.9 Å². The average Bonchev–Trinajstić information content (AvgIpc) is 3.48. The number of para-hydroxylation sites is 1. The Bertz CT molecular complexity index is 1870. The molecule has 254 valence electrons. The van der Waals surface area contributed by atoms with Crippen LogP contribution in [0.15, 0.2) is 91.0 Å². The van der Waals surface area contributed by atoms with Crippen molar-refractivity contribution in [2.24, 2.45) is 18.9 Å². The molecular weight excluding hydrogens is 616 g/mol. The summed E-state index contributed by atoms with van der Waals surface area (Å²) in [6.07, 6.45) is 0.125. The van der Waals surface area contributed by atoms with Crippen LogP contribution in [0.4, 0.5) is 10.5 Å². The van der Waals surface area contributed by atoms with E-state index >= 15 is 0 Å². The number of nitrogens with zero attached hydrogens (tertiary/aromatic N) is 6. The standard InChI is InChI=1S/C39H44N6O4/c1-28-24-45(39(46)47)19-18-31(28)25-43-20-22-44(23-21-43)34-15-9-14-32-36(41-42(2)37(32)34)33-16-17-35(48-26-29-10-5-3-6-11-29)40-38(33)49-27-30-12-7-4-8-13-30/h3-17,28,31H,18-27H2,1-2H3,(H,46,47)/t28-,31+/m1/s1. The zero-order valence-corrected chi connectivity index (χ0v) is 28.2. The van der Waals surface area contributed by atoms with Gasteiger partial charge >= 0.3 is 6.09 Å². The fourth-order valence-electron chi connectivity index (χ4n) is 7.16. The minimum Gasteiger partial charge on any atom is -0.473 e. The number of piperazine rings is 1. The highest BCUT2D eigenvalue weighted by Crippen LogP contribution is 2.38. The summed E-state index contributed by atoms with van der Waals surface area (Å²) >= 11 is 0. The third kappa shape index (κ3) is 7.34. The molecule has 3 aromatic carbocycles. The normalized spacial score (nSPS) is 18.5. The molecule has 0 saturated carbocycles. The lowest BCUT2D eigenvalue weighted by Crippen LogP contribution is -2.51. The molecule has 2 atom stereocenters. The number of carbonyl (C=O) groups is 1. The molecule has 2 aromatic heterocycles. The molecule has 10 heteroatoms. The Morgan fingerprint density at radius 1 is 0.837 bits per heavy atom. The molecule has 0 aliphatic carbocycles. The first kappa shape index (κ1) is 32.5. The van der Waals surface area contributed by atoms with Gasteiger partial charge in [0.05, 0.1) is 16.8 Å². The van der Waals surface area contributed by atoms with Crippen molar-refractivity contribution in [3.8, 4) is 23.0 Å². The molecule has 1 amide bonds. The number of piperidine rings is 1. The third-order valence-electron chi connectivity index (χ3n) is 9.94. The number of carboxylic acid groups (broad SMARTS) is 1. The van der Waals surface area contributed by atoms with Crippen molar-refractivity contribution in [3.63, 3.8) is 0 Å². The number of likely N-dealkylation sites (tertiary alicyclic amines) is 1. The lowest BCUT2D eigenvalue weighted by atomic mass is 9.86. The van der Waals surface area contributed by atoms with Crippen molar-refractivity contribution in [2.45, 2.75) is 26.6 Å². The Hall–Kier alpha value is -5.09. The molecule has 2 aliphatic rings. The number of aromatic nitrogens is 3. The van der Waals surface area contributed by atoms with Gasteiger partial charge in [-0.2, -0.15) is 10.1 Å². The topological polar surface area (TPSA) is 96.2 Å². The van der Waals surface area contributed by atoms with E-state index in [0.717, 1.165) is 72.4 Å². The van der Waals surface area contributed by atoms with E-state index in [2.05, 4.69) is 34.9 Å². The largest absolute Gasteiger partial charge is 0.473 e. The van der Waals surface area contributed by atoms with E-state index in [0.29, 0.717) is 49.9 Å². The highest BCUT2D eigenvalue weighted by molar-refractivity contribution is 6.01. The monoisotopic (exact) mass is 660 g/mol. The molecule has 49 heavy (non-hydrogen) atoms. The number of pyridine rings is 1. The van der Waals surface area contributed by atoms with Gasteiger partial charge in [0.25, 0.3) is 0 Å². The molecular formula is C39H44N6O4. The molecule has 5 aromatic rings. The van der Waals surface area contributed by atoms with Gasteiger partial charge in [-0.05, 0) is 41.5 Å². The molecule has 0 bridgehead atoms. The van der Waals surface area contributed by atoms with E-state index in [1.807, 2.05) is 84.5 Å². The van der Waals surface area contributed by atoms with Gasteiger partial charge < -0.3 is 24.4 Å². The average molecular weight is 661 g/mol. The molecule has 1 N–H and O–H groups in total. The fraction of sp³-hybridized carbons (Fsp3) is 0.359. The zero-order chi connectivity index (χ0) is 33.7. The third-order valence-corrected chi connectivity index (χ3v) is 9.94. The summed E-state index contributed by atoms with van der Waals surface area (Å²) in [5.41, 5.74) is 6.02. The Kier molecular flexibility index (Phi) is 9.65. The maximum Gasteiger partial charge on any atom is 0.407 e. The molecule has 2 aliphatic heterocycles. The van der Waals surface area contributed by atoms with Crippen LogP contribution in [0.1, 0.15) is 24.5 Å². The summed E-state index contributed by atoms with van der Waals surface area (Å²) in [6, 6.07) is 30.5. The second kappa shape index (κ2) is 14.6. The number of anilines is 1. The SMILES string of the molecule is C[C@@H]1CN(C(=O)O)CC[C@H]1CN1CCN(c2cccc3c(-c4ccc(OCc5ccccc5)nc4OCc4ccccc4)nn(C)c23)CC1. The van der Waals surface area contributed by atoms with Crippen molar-refractivity contribution in [1.29, 1.82) is 0 Å². The predicted octanol–water partition coefficient (Wildman–Crippen LogP) is 6.55. The summed E-state index contributed by atoms with van der Waals surface area (Å²) in [7, 11) is 2.01. The molecule has 0 radical (unpaired) electrons. The number of hydrogen-bond acceptors (Lipinski definition) is 7. The number of ether oxygens (including phenoxy) is 2. The number of hydrogen-bond donors (Lipinski definition) is 1. The van der Waals surface area contributed by atoms with Crippen molar-refractivity contribution in [2.75, 3.05) is 50.7 Å². The number of benzene rings is 3. The van der Waals surface area contributed by atoms with Crippen molar-refractivity contribution >= 4 is 22.7 Å². The fourth-order valence-corrected chi connectivity index (χ4v) is 7.16.